The highest BCUT2D eigenvalue weighted by molar-refractivity contribution is 9.10. The van der Waals surface area contributed by atoms with E-state index < -0.39 is 0 Å². The molecule has 0 aromatic heterocycles. The maximum atomic E-state index is 12.7. The number of carbonyl (C=O) groups is 2. The van der Waals surface area contributed by atoms with Crippen LogP contribution in [-0.4, -0.2) is 29.8 Å². The van der Waals surface area contributed by atoms with Gasteiger partial charge in [0.25, 0.3) is 11.1 Å². The van der Waals surface area contributed by atoms with Crippen LogP contribution in [0.25, 0.3) is 6.08 Å². The molecule has 28 heavy (non-hydrogen) atoms. The molecule has 1 heterocycles. The normalized spacial score (nSPS) is 15.0. The van der Waals surface area contributed by atoms with Gasteiger partial charge in [0.15, 0.2) is 11.5 Å². The number of rotatable bonds is 6. The summed E-state index contributed by atoms with van der Waals surface area (Å²) >= 11 is 4.36. The van der Waals surface area contributed by atoms with E-state index in [-0.39, 0.29) is 24.3 Å². The summed E-state index contributed by atoms with van der Waals surface area (Å²) < 4.78 is 11.6. The number of nitrogens with zero attached hydrogens (tertiary/aromatic N) is 1. The van der Waals surface area contributed by atoms with Gasteiger partial charge in [-0.2, -0.15) is 0 Å². The van der Waals surface area contributed by atoms with Crippen molar-refractivity contribution in [3.8, 4) is 23.8 Å². The first-order valence-corrected chi connectivity index (χ1v) is 9.87. The monoisotopic (exact) mass is 457 g/mol. The van der Waals surface area contributed by atoms with Crippen LogP contribution in [0.4, 0.5) is 4.79 Å². The number of benzene rings is 2. The van der Waals surface area contributed by atoms with Gasteiger partial charge in [-0.05, 0) is 47.2 Å². The zero-order chi connectivity index (χ0) is 20.1. The van der Waals surface area contributed by atoms with Crippen LogP contribution in [0.3, 0.4) is 0 Å². The molecule has 5 nitrogen and oxygen atoms in total. The minimum absolute atomic E-state index is 0.129. The number of ether oxygens (including phenoxy) is 2. The topological polar surface area (TPSA) is 55.8 Å². The summed E-state index contributed by atoms with van der Waals surface area (Å²) in [5.74, 6) is 3.08. The number of amides is 2. The molecule has 0 unspecified atom stereocenters. The van der Waals surface area contributed by atoms with Gasteiger partial charge >= 0.3 is 0 Å². The molecule has 0 spiro atoms. The summed E-state index contributed by atoms with van der Waals surface area (Å²) in [7, 11) is 1.52. The van der Waals surface area contributed by atoms with E-state index in [0.29, 0.717) is 16.4 Å². The first-order valence-electron chi connectivity index (χ1n) is 8.26. The van der Waals surface area contributed by atoms with Crippen molar-refractivity contribution >= 4 is 44.9 Å². The first-order chi connectivity index (χ1) is 13.5. The smallest absolute Gasteiger partial charge is 0.293 e. The van der Waals surface area contributed by atoms with Crippen molar-refractivity contribution in [2.45, 2.75) is 6.54 Å². The number of hydrogen-bond acceptors (Lipinski definition) is 5. The number of halogens is 1. The molecule has 1 saturated heterocycles. The Morgan fingerprint density at radius 2 is 2.00 bits per heavy atom. The fourth-order valence-corrected chi connectivity index (χ4v) is 3.85. The highest BCUT2D eigenvalue weighted by atomic mass is 79.9. The lowest BCUT2D eigenvalue weighted by atomic mass is 10.1. The van der Waals surface area contributed by atoms with E-state index in [9.17, 15) is 9.59 Å². The predicted molar refractivity (Wildman–Crippen MR) is 113 cm³/mol. The van der Waals surface area contributed by atoms with Crippen LogP contribution >= 0.6 is 27.7 Å². The summed E-state index contributed by atoms with van der Waals surface area (Å²) in [5.41, 5.74) is 1.58. The van der Waals surface area contributed by atoms with Gasteiger partial charge in [0.1, 0.15) is 6.61 Å². The third-order valence-corrected chi connectivity index (χ3v) is 5.64. The van der Waals surface area contributed by atoms with Gasteiger partial charge < -0.3 is 9.47 Å². The molecule has 3 rings (SSSR count). The predicted octanol–water partition coefficient (Wildman–Crippen LogP) is 4.71. The average molecular weight is 458 g/mol. The molecule has 142 valence electrons. The van der Waals surface area contributed by atoms with Gasteiger partial charge in [-0.1, -0.05) is 46.1 Å². The van der Waals surface area contributed by atoms with Crippen molar-refractivity contribution in [2.75, 3.05) is 13.7 Å². The van der Waals surface area contributed by atoms with E-state index in [1.807, 2.05) is 24.3 Å². The van der Waals surface area contributed by atoms with Gasteiger partial charge in [0.2, 0.25) is 0 Å². The second-order valence-corrected chi connectivity index (χ2v) is 7.61. The molecule has 0 aliphatic carbocycles. The molecule has 0 atom stereocenters. The molecule has 1 aliphatic rings. The van der Waals surface area contributed by atoms with Crippen molar-refractivity contribution in [3.05, 3.63) is 63.0 Å². The number of terminal acetylenes is 1. The lowest BCUT2D eigenvalue weighted by Gasteiger charge is -2.13. The van der Waals surface area contributed by atoms with Crippen molar-refractivity contribution in [3.63, 3.8) is 0 Å². The zero-order valence-electron chi connectivity index (χ0n) is 15.0. The molecule has 2 aromatic rings. The minimum Gasteiger partial charge on any atom is -0.493 e. The van der Waals surface area contributed by atoms with Crippen LogP contribution < -0.4 is 9.47 Å². The average Bonchev–Trinajstić information content (AvgIpc) is 2.95. The summed E-state index contributed by atoms with van der Waals surface area (Å²) in [6.45, 7) is 0.343. The number of methoxy groups -OCH3 is 1. The molecular formula is C21H16BrNO4S. The molecule has 7 heteroatoms. The summed E-state index contributed by atoms with van der Waals surface area (Å²) in [4.78, 5) is 26.7. The number of carbonyl (C=O) groups excluding carboxylic acids is 2. The Bertz CT molecular complexity index is 996. The SMILES string of the molecule is C#CCOc1ccc(/C=C2\SC(=O)N(Cc3ccccc3Br)C2=O)cc1OC. The second-order valence-electron chi connectivity index (χ2n) is 5.76. The van der Waals surface area contributed by atoms with Crippen molar-refractivity contribution < 1.29 is 19.1 Å². The van der Waals surface area contributed by atoms with Gasteiger partial charge in [-0.3, -0.25) is 14.5 Å². The van der Waals surface area contributed by atoms with Crippen LogP contribution in [0.2, 0.25) is 0 Å². The van der Waals surface area contributed by atoms with E-state index in [0.717, 1.165) is 27.4 Å². The highest BCUT2D eigenvalue weighted by Crippen LogP contribution is 2.35. The Morgan fingerprint density at radius 3 is 2.71 bits per heavy atom. The highest BCUT2D eigenvalue weighted by Gasteiger charge is 2.35. The Morgan fingerprint density at radius 1 is 1.21 bits per heavy atom. The molecule has 2 aromatic carbocycles. The van der Waals surface area contributed by atoms with E-state index >= 15 is 0 Å². The standard InChI is InChI=1S/C21H16BrNO4S/c1-3-10-27-17-9-8-14(11-18(17)26-2)12-19-20(24)23(21(25)28-19)13-15-6-4-5-7-16(15)22/h1,4-9,11-12H,10,13H2,2H3/b19-12-. The van der Waals surface area contributed by atoms with Crippen LogP contribution in [0.5, 0.6) is 11.5 Å². The number of hydrogen-bond donors (Lipinski definition) is 0. The molecule has 0 N–H and O–H groups in total. The Balaban J connectivity index is 1.81. The van der Waals surface area contributed by atoms with Crippen molar-refractivity contribution in [2.24, 2.45) is 0 Å². The second kappa shape index (κ2) is 9.00. The van der Waals surface area contributed by atoms with E-state index in [2.05, 4.69) is 21.9 Å². The molecular weight excluding hydrogens is 442 g/mol. The van der Waals surface area contributed by atoms with Gasteiger partial charge in [-0.15, -0.1) is 6.42 Å². The number of thioether (sulfide) groups is 1. The Hall–Kier alpha value is -2.69. The fraction of sp³-hybridized carbons (Fsp3) is 0.143. The lowest BCUT2D eigenvalue weighted by Crippen LogP contribution is -2.27. The third-order valence-electron chi connectivity index (χ3n) is 3.96. The molecule has 0 bridgehead atoms. The van der Waals surface area contributed by atoms with E-state index in [1.54, 1.807) is 24.3 Å². The Labute approximate surface area is 175 Å². The molecule has 2 amide bonds. The molecule has 0 saturated carbocycles. The van der Waals surface area contributed by atoms with Crippen molar-refractivity contribution in [1.82, 2.24) is 4.90 Å². The molecule has 1 aliphatic heterocycles. The van der Waals surface area contributed by atoms with E-state index in [1.165, 1.54) is 12.0 Å². The zero-order valence-corrected chi connectivity index (χ0v) is 17.4. The van der Waals surface area contributed by atoms with Crippen LogP contribution in [-0.2, 0) is 11.3 Å². The summed E-state index contributed by atoms with van der Waals surface area (Å²) in [6.07, 6.45) is 6.87. The van der Waals surface area contributed by atoms with Gasteiger partial charge in [-0.25, -0.2) is 0 Å². The molecule has 1 fully saturated rings. The summed E-state index contributed by atoms with van der Waals surface area (Å²) in [6, 6.07) is 12.7. The van der Waals surface area contributed by atoms with Crippen molar-refractivity contribution in [1.29, 1.82) is 0 Å². The van der Waals surface area contributed by atoms with Crippen LogP contribution in [0, 0.1) is 12.3 Å². The van der Waals surface area contributed by atoms with Gasteiger partial charge in [0, 0.05) is 4.47 Å². The fourth-order valence-electron chi connectivity index (χ4n) is 2.60. The first kappa shape index (κ1) is 20.1. The van der Waals surface area contributed by atoms with E-state index in [4.69, 9.17) is 15.9 Å². The number of imide groups is 1. The lowest BCUT2D eigenvalue weighted by molar-refractivity contribution is -0.123. The van der Waals surface area contributed by atoms with Crippen LogP contribution in [0.15, 0.2) is 51.8 Å². The van der Waals surface area contributed by atoms with Gasteiger partial charge in [0.05, 0.1) is 18.6 Å². The quantitative estimate of drug-likeness (QED) is 0.464. The largest absolute Gasteiger partial charge is 0.493 e. The minimum atomic E-state index is -0.322. The maximum Gasteiger partial charge on any atom is 0.293 e. The Kier molecular flexibility index (Phi) is 6.45. The third kappa shape index (κ3) is 4.41. The summed E-state index contributed by atoms with van der Waals surface area (Å²) in [5, 5.41) is -0.298. The molecule has 0 radical (unpaired) electrons. The van der Waals surface area contributed by atoms with Crippen LogP contribution in [0.1, 0.15) is 11.1 Å². The maximum absolute atomic E-state index is 12.7.